The molecule has 22 heavy (non-hydrogen) atoms. The predicted molar refractivity (Wildman–Crippen MR) is 83.5 cm³/mol. The van der Waals surface area contributed by atoms with Gasteiger partial charge in [0.25, 0.3) is 0 Å². The van der Waals surface area contributed by atoms with Crippen molar-refractivity contribution < 1.29 is 14.3 Å². The molecule has 0 aromatic carbocycles. The number of nitrogens with one attached hydrogen (secondary N) is 2. The molecule has 0 radical (unpaired) electrons. The molecule has 2 saturated heterocycles. The highest BCUT2D eigenvalue weighted by Gasteiger charge is 2.33. The smallest absolute Gasteiger partial charge is 0.242 e. The van der Waals surface area contributed by atoms with E-state index in [1.807, 2.05) is 25.7 Å². The monoisotopic (exact) mass is 312 g/mol. The third kappa shape index (κ3) is 4.66. The van der Waals surface area contributed by atoms with Gasteiger partial charge < -0.3 is 20.3 Å². The number of hydrogen-bond donors (Lipinski definition) is 2. The summed E-state index contributed by atoms with van der Waals surface area (Å²) < 4.78 is 5.54. The Morgan fingerprint density at radius 3 is 2.55 bits per heavy atom. The summed E-state index contributed by atoms with van der Waals surface area (Å²) >= 11 is 0. The van der Waals surface area contributed by atoms with E-state index < -0.39 is 0 Å². The lowest BCUT2D eigenvalue weighted by atomic mass is 10.1. The molecule has 2 fully saturated rings. The van der Waals surface area contributed by atoms with Crippen molar-refractivity contribution in [2.45, 2.75) is 39.0 Å². The summed E-state index contributed by atoms with van der Waals surface area (Å²) in [5.74, 6) is 0.157. The maximum atomic E-state index is 12.5. The van der Waals surface area contributed by atoms with Crippen molar-refractivity contribution in [1.82, 2.24) is 20.4 Å². The molecule has 2 amide bonds. The van der Waals surface area contributed by atoms with Crippen molar-refractivity contribution in [3.63, 3.8) is 0 Å². The van der Waals surface area contributed by atoms with E-state index in [1.54, 1.807) is 0 Å². The Labute approximate surface area is 132 Å². The van der Waals surface area contributed by atoms with Crippen LogP contribution in [0.1, 0.15) is 20.8 Å². The van der Waals surface area contributed by atoms with Crippen LogP contribution in [0.4, 0.5) is 0 Å². The fourth-order valence-electron chi connectivity index (χ4n) is 2.90. The van der Waals surface area contributed by atoms with Gasteiger partial charge in [-0.25, -0.2) is 0 Å². The van der Waals surface area contributed by atoms with Gasteiger partial charge in [-0.15, -0.1) is 0 Å². The van der Waals surface area contributed by atoms with Crippen LogP contribution in [0.5, 0.6) is 0 Å². The average molecular weight is 312 g/mol. The van der Waals surface area contributed by atoms with Crippen molar-refractivity contribution in [1.29, 1.82) is 0 Å². The maximum Gasteiger partial charge on any atom is 0.242 e. The zero-order valence-electron chi connectivity index (χ0n) is 13.8. The van der Waals surface area contributed by atoms with Gasteiger partial charge in [0.1, 0.15) is 6.04 Å². The first kappa shape index (κ1) is 17.2. The van der Waals surface area contributed by atoms with Gasteiger partial charge in [-0.3, -0.25) is 14.5 Å². The van der Waals surface area contributed by atoms with Gasteiger partial charge in [0, 0.05) is 38.8 Å². The number of morpholine rings is 1. The number of piperazine rings is 1. The van der Waals surface area contributed by atoms with E-state index in [-0.39, 0.29) is 30.0 Å². The van der Waals surface area contributed by atoms with Gasteiger partial charge in [-0.2, -0.15) is 0 Å². The van der Waals surface area contributed by atoms with Gasteiger partial charge in [0.15, 0.2) is 0 Å². The van der Waals surface area contributed by atoms with Crippen LogP contribution >= 0.6 is 0 Å². The Kier molecular flexibility index (Phi) is 6.16. The molecule has 7 nitrogen and oxygen atoms in total. The molecule has 0 aromatic heterocycles. The van der Waals surface area contributed by atoms with Crippen LogP contribution in [-0.4, -0.2) is 85.7 Å². The largest absolute Gasteiger partial charge is 0.375 e. The lowest BCUT2D eigenvalue weighted by Gasteiger charge is -2.38. The first-order valence-corrected chi connectivity index (χ1v) is 8.13. The number of amides is 2. The number of carbonyl (C=O) groups is 2. The first-order chi connectivity index (χ1) is 10.5. The molecule has 0 aliphatic carbocycles. The lowest BCUT2D eigenvalue weighted by molar-refractivity contribution is -0.141. The fourth-order valence-corrected chi connectivity index (χ4v) is 2.90. The zero-order valence-corrected chi connectivity index (χ0v) is 13.8. The van der Waals surface area contributed by atoms with E-state index in [9.17, 15) is 9.59 Å². The van der Waals surface area contributed by atoms with Gasteiger partial charge in [-0.05, 0) is 20.8 Å². The van der Waals surface area contributed by atoms with Gasteiger partial charge in [0.2, 0.25) is 11.8 Å². The number of carbonyl (C=O) groups excluding carboxylic acids is 2. The number of rotatable bonds is 4. The van der Waals surface area contributed by atoms with Crippen LogP contribution in [0, 0.1) is 0 Å². The van der Waals surface area contributed by atoms with E-state index in [2.05, 4.69) is 15.5 Å². The molecular formula is C15H28N4O3. The molecule has 2 heterocycles. The predicted octanol–water partition coefficient (Wildman–Crippen LogP) is -0.968. The molecule has 0 bridgehead atoms. The Bertz CT molecular complexity index is 394. The third-order valence-electron chi connectivity index (χ3n) is 4.08. The summed E-state index contributed by atoms with van der Waals surface area (Å²) in [4.78, 5) is 28.3. The van der Waals surface area contributed by atoms with E-state index >= 15 is 0 Å². The second-order valence-electron chi connectivity index (χ2n) is 6.33. The second-order valence-corrected chi connectivity index (χ2v) is 6.33. The maximum absolute atomic E-state index is 12.5. The molecule has 2 rings (SSSR count). The standard InChI is InChI=1S/C15H28N4O3/c1-11(2)17-13(20)10-18-5-7-19(8-6-18)15(21)14-12(3)22-9-4-16-14/h11-12,14,16H,4-10H2,1-3H3,(H,17,20)/t12-,14+/m1/s1. The van der Waals surface area contributed by atoms with Gasteiger partial charge in [-0.1, -0.05) is 0 Å². The SMILES string of the molecule is CC(C)NC(=O)CN1CCN(C(=O)[C@H]2NCCO[C@@H]2C)CC1. The summed E-state index contributed by atoms with van der Waals surface area (Å²) in [5, 5.41) is 6.13. The quantitative estimate of drug-likeness (QED) is 0.699. The van der Waals surface area contributed by atoms with Gasteiger partial charge in [0.05, 0.1) is 19.3 Å². The number of hydrogen-bond acceptors (Lipinski definition) is 5. The van der Waals surface area contributed by atoms with Crippen LogP contribution in [0.3, 0.4) is 0 Å². The summed E-state index contributed by atoms with van der Waals surface area (Å²) in [6, 6.07) is -0.0845. The molecule has 0 unspecified atom stereocenters. The third-order valence-corrected chi connectivity index (χ3v) is 4.08. The van der Waals surface area contributed by atoms with E-state index in [0.29, 0.717) is 26.2 Å². The number of ether oxygens (including phenoxy) is 1. The normalized spacial score (nSPS) is 27.0. The minimum Gasteiger partial charge on any atom is -0.375 e. The molecule has 7 heteroatoms. The Morgan fingerprint density at radius 2 is 1.95 bits per heavy atom. The second kappa shape index (κ2) is 7.89. The molecule has 2 atom stereocenters. The fraction of sp³-hybridized carbons (Fsp3) is 0.867. The molecule has 2 aliphatic heterocycles. The number of nitrogens with zero attached hydrogens (tertiary/aromatic N) is 2. The first-order valence-electron chi connectivity index (χ1n) is 8.13. The van der Waals surface area contributed by atoms with E-state index in [4.69, 9.17) is 4.74 Å². The summed E-state index contributed by atoms with van der Waals surface area (Å²) in [7, 11) is 0. The lowest BCUT2D eigenvalue weighted by Crippen LogP contribution is -2.60. The van der Waals surface area contributed by atoms with Crippen LogP contribution in [0.25, 0.3) is 0 Å². The molecule has 0 aromatic rings. The Balaban J connectivity index is 1.76. The summed E-state index contributed by atoms with van der Waals surface area (Å²) in [6.07, 6.45) is -0.0869. The highest BCUT2D eigenvalue weighted by Crippen LogP contribution is 2.10. The van der Waals surface area contributed by atoms with Crippen molar-refractivity contribution in [3.05, 3.63) is 0 Å². The Hall–Kier alpha value is -1.18. The molecule has 126 valence electrons. The minimum absolute atomic E-state index is 0.0470. The average Bonchev–Trinajstić information content (AvgIpc) is 2.47. The molecule has 2 aliphatic rings. The highest BCUT2D eigenvalue weighted by molar-refractivity contribution is 5.83. The van der Waals surface area contributed by atoms with Crippen LogP contribution in [0.15, 0.2) is 0 Å². The highest BCUT2D eigenvalue weighted by atomic mass is 16.5. The zero-order chi connectivity index (χ0) is 16.1. The van der Waals surface area contributed by atoms with Crippen molar-refractivity contribution in [2.75, 3.05) is 45.9 Å². The molecule has 0 saturated carbocycles. The summed E-state index contributed by atoms with van der Waals surface area (Å²) in [5.41, 5.74) is 0. The molecule has 0 spiro atoms. The van der Waals surface area contributed by atoms with Crippen LogP contribution in [0.2, 0.25) is 0 Å². The molecular weight excluding hydrogens is 284 g/mol. The minimum atomic E-state index is -0.246. The summed E-state index contributed by atoms with van der Waals surface area (Å²) in [6.45, 7) is 10.4. The van der Waals surface area contributed by atoms with E-state index in [1.165, 1.54) is 0 Å². The van der Waals surface area contributed by atoms with Crippen molar-refractivity contribution in [3.8, 4) is 0 Å². The Morgan fingerprint density at radius 1 is 1.27 bits per heavy atom. The van der Waals surface area contributed by atoms with Crippen LogP contribution < -0.4 is 10.6 Å². The van der Waals surface area contributed by atoms with Crippen molar-refractivity contribution in [2.24, 2.45) is 0 Å². The van der Waals surface area contributed by atoms with Gasteiger partial charge >= 0.3 is 0 Å². The van der Waals surface area contributed by atoms with Crippen LogP contribution in [-0.2, 0) is 14.3 Å². The van der Waals surface area contributed by atoms with E-state index in [0.717, 1.165) is 19.6 Å². The topological polar surface area (TPSA) is 73.9 Å². The van der Waals surface area contributed by atoms with Crippen molar-refractivity contribution >= 4 is 11.8 Å². The molecule has 2 N–H and O–H groups in total.